The van der Waals surface area contributed by atoms with Gasteiger partial charge >= 0.3 is 0 Å². The molecule has 0 spiro atoms. The van der Waals surface area contributed by atoms with E-state index >= 15 is 0 Å². The van der Waals surface area contributed by atoms with Crippen LogP contribution in [-0.2, 0) is 13.1 Å². The first-order valence-electron chi connectivity index (χ1n) is 8.17. The fourth-order valence-electron chi connectivity index (χ4n) is 3.25. The average Bonchev–Trinajstić information content (AvgIpc) is 2.69. The number of hydrogen-bond acceptors (Lipinski definition) is 1. The zero-order valence-electron chi connectivity index (χ0n) is 12.7. The maximum absolute atomic E-state index is 3.74. The van der Waals surface area contributed by atoms with E-state index in [-0.39, 0.29) is 0 Å². The molecule has 2 rings (SSSR count). The summed E-state index contributed by atoms with van der Waals surface area (Å²) in [5.41, 5.74) is 1.42. The number of nitrogens with one attached hydrogen (secondary N) is 1. The average molecular weight is 262 g/mol. The first-order valence-corrected chi connectivity index (χ1v) is 8.17. The lowest BCUT2D eigenvalue weighted by atomic mass is 9.93. The first kappa shape index (κ1) is 14.6. The number of rotatable bonds is 6. The summed E-state index contributed by atoms with van der Waals surface area (Å²) in [6.07, 6.45) is 14.3. The fourth-order valence-corrected chi connectivity index (χ4v) is 3.25. The summed E-state index contributed by atoms with van der Waals surface area (Å²) in [5, 5.41) is 3.74. The van der Waals surface area contributed by atoms with Crippen LogP contribution in [0.3, 0.4) is 0 Å². The molecule has 108 valence electrons. The molecular weight excluding hydrogens is 232 g/mol. The van der Waals surface area contributed by atoms with Crippen LogP contribution in [0.25, 0.3) is 0 Å². The van der Waals surface area contributed by atoms with E-state index in [1.807, 2.05) is 0 Å². The Kier molecular flexibility index (Phi) is 5.96. The molecule has 0 aliphatic heterocycles. The lowest BCUT2D eigenvalue weighted by molar-refractivity contribution is 0.336. The predicted octanol–water partition coefficient (Wildman–Crippen LogP) is 4.35. The van der Waals surface area contributed by atoms with Gasteiger partial charge < -0.3 is 9.88 Å². The highest BCUT2D eigenvalue weighted by Crippen LogP contribution is 2.25. The van der Waals surface area contributed by atoms with Crippen LogP contribution in [0.4, 0.5) is 0 Å². The van der Waals surface area contributed by atoms with Gasteiger partial charge in [-0.2, -0.15) is 0 Å². The topological polar surface area (TPSA) is 17.0 Å². The molecule has 1 fully saturated rings. The van der Waals surface area contributed by atoms with Crippen LogP contribution >= 0.6 is 0 Å². The van der Waals surface area contributed by atoms with Gasteiger partial charge in [-0.3, -0.25) is 0 Å². The smallest absolute Gasteiger partial charge is 0.0223 e. The van der Waals surface area contributed by atoms with E-state index < -0.39 is 0 Å². The molecule has 2 heteroatoms. The second-order valence-corrected chi connectivity index (χ2v) is 6.18. The van der Waals surface area contributed by atoms with Gasteiger partial charge in [0.15, 0.2) is 0 Å². The minimum Gasteiger partial charge on any atom is -0.354 e. The van der Waals surface area contributed by atoms with Crippen LogP contribution in [0.5, 0.6) is 0 Å². The molecule has 0 aromatic carbocycles. The van der Waals surface area contributed by atoms with Crippen molar-refractivity contribution in [3.63, 3.8) is 0 Å². The van der Waals surface area contributed by atoms with Crippen molar-refractivity contribution in [3.05, 3.63) is 24.0 Å². The lowest BCUT2D eigenvalue weighted by Gasteiger charge is -2.23. The Hall–Kier alpha value is -0.760. The third-order valence-corrected chi connectivity index (χ3v) is 4.53. The Bertz CT molecular complexity index is 348. The SMILES string of the molecule is CCCn1ccc(CN[C@@H](C)C2CCCCCC2)c1. The van der Waals surface area contributed by atoms with Crippen LogP contribution in [0, 0.1) is 5.92 Å². The molecule has 1 aliphatic rings. The first-order chi connectivity index (χ1) is 9.29. The molecule has 1 aromatic heterocycles. The van der Waals surface area contributed by atoms with Crippen LogP contribution in [-0.4, -0.2) is 10.6 Å². The normalized spacial score (nSPS) is 19.3. The zero-order valence-corrected chi connectivity index (χ0v) is 12.7. The van der Waals surface area contributed by atoms with E-state index in [9.17, 15) is 0 Å². The van der Waals surface area contributed by atoms with Gasteiger partial charge in [-0.1, -0.05) is 32.6 Å². The summed E-state index contributed by atoms with van der Waals surface area (Å²) in [6, 6.07) is 2.91. The Morgan fingerprint density at radius 2 is 2.00 bits per heavy atom. The molecule has 1 atom stereocenters. The molecule has 1 heterocycles. The third kappa shape index (κ3) is 4.68. The minimum atomic E-state index is 0.660. The van der Waals surface area contributed by atoms with E-state index in [0.717, 1.165) is 19.0 Å². The Morgan fingerprint density at radius 3 is 2.68 bits per heavy atom. The molecular formula is C17H30N2. The maximum Gasteiger partial charge on any atom is 0.0223 e. The van der Waals surface area contributed by atoms with Crippen molar-refractivity contribution in [2.45, 2.75) is 77.9 Å². The van der Waals surface area contributed by atoms with Crippen molar-refractivity contribution < 1.29 is 0 Å². The highest BCUT2D eigenvalue weighted by Gasteiger charge is 2.18. The summed E-state index contributed by atoms with van der Waals surface area (Å²) in [6.45, 7) is 6.76. The van der Waals surface area contributed by atoms with E-state index in [1.54, 1.807) is 0 Å². The maximum atomic E-state index is 3.74. The molecule has 1 saturated carbocycles. The minimum absolute atomic E-state index is 0.660. The summed E-state index contributed by atoms with van der Waals surface area (Å²) in [4.78, 5) is 0. The zero-order chi connectivity index (χ0) is 13.5. The Morgan fingerprint density at radius 1 is 1.26 bits per heavy atom. The van der Waals surface area contributed by atoms with Crippen LogP contribution < -0.4 is 5.32 Å². The van der Waals surface area contributed by atoms with Crippen molar-refractivity contribution in [1.82, 2.24) is 9.88 Å². The van der Waals surface area contributed by atoms with Gasteiger partial charge in [-0.25, -0.2) is 0 Å². The van der Waals surface area contributed by atoms with Gasteiger partial charge in [-0.15, -0.1) is 0 Å². The molecule has 0 bridgehead atoms. The van der Waals surface area contributed by atoms with Crippen molar-refractivity contribution in [2.75, 3.05) is 0 Å². The monoisotopic (exact) mass is 262 g/mol. The molecule has 0 amide bonds. The molecule has 1 aromatic rings. The van der Waals surface area contributed by atoms with Crippen LogP contribution in [0.1, 0.15) is 64.4 Å². The van der Waals surface area contributed by atoms with Gasteiger partial charge in [0.1, 0.15) is 0 Å². The second kappa shape index (κ2) is 7.74. The second-order valence-electron chi connectivity index (χ2n) is 6.18. The number of aryl methyl sites for hydroxylation is 1. The highest BCUT2D eigenvalue weighted by atomic mass is 15.0. The van der Waals surface area contributed by atoms with Crippen molar-refractivity contribution in [3.8, 4) is 0 Å². The molecule has 1 aliphatic carbocycles. The third-order valence-electron chi connectivity index (χ3n) is 4.53. The molecule has 1 N–H and O–H groups in total. The lowest BCUT2D eigenvalue weighted by Crippen LogP contribution is -2.32. The standard InChI is InChI=1S/C17H30N2/c1-3-11-19-12-10-16(14-19)13-18-15(2)17-8-6-4-5-7-9-17/h10,12,14-15,17-18H,3-9,11,13H2,1-2H3/t15-/m0/s1. The molecule has 2 nitrogen and oxygen atoms in total. The number of hydrogen-bond donors (Lipinski definition) is 1. The summed E-state index contributed by atoms with van der Waals surface area (Å²) < 4.78 is 2.30. The fraction of sp³-hybridized carbons (Fsp3) is 0.765. The number of aromatic nitrogens is 1. The van der Waals surface area contributed by atoms with Crippen LogP contribution in [0.15, 0.2) is 18.5 Å². The summed E-state index contributed by atoms with van der Waals surface area (Å²) in [5.74, 6) is 0.889. The Labute approximate surface area is 118 Å². The van der Waals surface area contributed by atoms with Crippen molar-refractivity contribution in [1.29, 1.82) is 0 Å². The van der Waals surface area contributed by atoms with E-state index in [2.05, 4.69) is 42.2 Å². The van der Waals surface area contributed by atoms with Gasteiger partial charge in [0.2, 0.25) is 0 Å². The highest BCUT2D eigenvalue weighted by molar-refractivity contribution is 5.10. The van der Waals surface area contributed by atoms with Crippen molar-refractivity contribution in [2.24, 2.45) is 5.92 Å². The van der Waals surface area contributed by atoms with E-state index in [0.29, 0.717) is 6.04 Å². The Balaban J connectivity index is 1.76. The molecule has 0 saturated heterocycles. The molecule has 0 unspecified atom stereocenters. The van der Waals surface area contributed by atoms with Crippen molar-refractivity contribution >= 4 is 0 Å². The largest absolute Gasteiger partial charge is 0.354 e. The van der Waals surface area contributed by atoms with Gasteiger partial charge in [0, 0.05) is 31.5 Å². The van der Waals surface area contributed by atoms with E-state index in [1.165, 1.54) is 50.5 Å². The summed E-state index contributed by atoms with van der Waals surface area (Å²) in [7, 11) is 0. The van der Waals surface area contributed by atoms with Gasteiger partial charge in [0.25, 0.3) is 0 Å². The van der Waals surface area contributed by atoms with Gasteiger partial charge in [-0.05, 0) is 43.7 Å². The summed E-state index contributed by atoms with van der Waals surface area (Å²) >= 11 is 0. The van der Waals surface area contributed by atoms with Crippen LogP contribution in [0.2, 0.25) is 0 Å². The molecule has 19 heavy (non-hydrogen) atoms. The predicted molar refractivity (Wildman–Crippen MR) is 82.2 cm³/mol. The molecule has 0 radical (unpaired) electrons. The van der Waals surface area contributed by atoms with Gasteiger partial charge in [0.05, 0.1) is 0 Å². The quantitative estimate of drug-likeness (QED) is 0.754. The number of nitrogens with zero attached hydrogens (tertiary/aromatic N) is 1. The van der Waals surface area contributed by atoms with E-state index in [4.69, 9.17) is 0 Å².